The zero-order valence-electron chi connectivity index (χ0n) is 12.1. The predicted octanol–water partition coefficient (Wildman–Crippen LogP) is 6.51. The number of nitrogens with one attached hydrogen (secondary N) is 1. The Morgan fingerprint density at radius 2 is 1.39 bits per heavy atom. The number of halogens is 4. The van der Waals surface area contributed by atoms with E-state index in [0.717, 1.165) is 22.5 Å². The van der Waals surface area contributed by atoms with E-state index in [9.17, 15) is 0 Å². The Morgan fingerprint density at radius 1 is 0.870 bits per heavy atom. The number of aromatic nitrogens is 2. The second-order valence-electron chi connectivity index (χ2n) is 5.18. The topological polar surface area (TPSA) is 28.7 Å². The average Bonchev–Trinajstić information content (AvgIpc) is 2.89. The minimum atomic E-state index is -0.212. The highest BCUT2D eigenvalue weighted by atomic mass is 35.5. The van der Waals surface area contributed by atoms with E-state index in [0.29, 0.717) is 20.1 Å². The van der Waals surface area contributed by atoms with Crippen molar-refractivity contribution in [3.05, 3.63) is 85.3 Å². The summed E-state index contributed by atoms with van der Waals surface area (Å²) in [6, 6.07) is 10.8. The second kappa shape index (κ2) is 6.74. The summed E-state index contributed by atoms with van der Waals surface area (Å²) in [4.78, 5) is 7.56. The van der Waals surface area contributed by atoms with Crippen molar-refractivity contribution in [3.8, 4) is 0 Å². The van der Waals surface area contributed by atoms with E-state index in [1.54, 1.807) is 18.5 Å². The van der Waals surface area contributed by atoms with Gasteiger partial charge in [0.1, 0.15) is 0 Å². The molecule has 23 heavy (non-hydrogen) atoms. The highest BCUT2D eigenvalue weighted by Gasteiger charge is 2.25. The molecule has 118 valence electrons. The van der Waals surface area contributed by atoms with E-state index < -0.39 is 0 Å². The van der Waals surface area contributed by atoms with Crippen LogP contribution in [0, 0.1) is 6.92 Å². The molecule has 0 unspecified atom stereocenters. The highest BCUT2D eigenvalue weighted by molar-refractivity contribution is 6.36. The minimum Gasteiger partial charge on any atom is -0.348 e. The van der Waals surface area contributed by atoms with E-state index >= 15 is 0 Å². The van der Waals surface area contributed by atoms with Crippen LogP contribution in [-0.4, -0.2) is 9.97 Å². The predicted molar refractivity (Wildman–Crippen MR) is 97.2 cm³/mol. The standard InChI is InChI=1S/C17H12Cl4N2/c1-9-17(23-8-22-9)16(12-4-2-10(18)6-14(12)20)13-5-3-11(19)7-15(13)21/h2-8,16H,1H3,(H,22,23). The van der Waals surface area contributed by atoms with Gasteiger partial charge in [0.25, 0.3) is 0 Å². The van der Waals surface area contributed by atoms with Gasteiger partial charge in [-0.15, -0.1) is 0 Å². The molecule has 0 aliphatic heterocycles. The van der Waals surface area contributed by atoms with Gasteiger partial charge in [0, 0.05) is 25.8 Å². The number of H-pyrrole nitrogens is 1. The Balaban J connectivity index is 2.24. The Kier molecular flexibility index (Phi) is 4.88. The lowest BCUT2D eigenvalue weighted by Gasteiger charge is -2.20. The zero-order valence-corrected chi connectivity index (χ0v) is 15.1. The van der Waals surface area contributed by atoms with Crippen LogP contribution in [0.25, 0.3) is 0 Å². The average molecular weight is 386 g/mol. The third-order valence-electron chi connectivity index (χ3n) is 3.69. The van der Waals surface area contributed by atoms with Gasteiger partial charge >= 0.3 is 0 Å². The summed E-state index contributed by atoms with van der Waals surface area (Å²) in [7, 11) is 0. The molecule has 0 bridgehead atoms. The van der Waals surface area contributed by atoms with Crippen molar-refractivity contribution >= 4 is 46.4 Å². The molecule has 0 fully saturated rings. The molecule has 2 aromatic carbocycles. The molecule has 0 spiro atoms. The molecule has 0 saturated carbocycles. The summed E-state index contributed by atoms with van der Waals surface area (Å²) in [5.41, 5.74) is 3.58. The maximum atomic E-state index is 6.44. The fourth-order valence-corrected chi connectivity index (χ4v) is 3.63. The summed E-state index contributed by atoms with van der Waals surface area (Å²) in [5, 5.41) is 2.30. The van der Waals surface area contributed by atoms with Gasteiger partial charge in [-0.3, -0.25) is 0 Å². The molecule has 0 atom stereocenters. The third-order valence-corrected chi connectivity index (χ3v) is 4.81. The van der Waals surface area contributed by atoms with Crippen molar-refractivity contribution in [3.63, 3.8) is 0 Å². The number of aryl methyl sites for hydroxylation is 1. The Labute approximate surface area is 154 Å². The van der Waals surface area contributed by atoms with E-state index in [-0.39, 0.29) is 5.92 Å². The number of rotatable bonds is 3. The van der Waals surface area contributed by atoms with Crippen LogP contribution in [0.3, 0.4) is 0 Å². The summed E-state index contributed by atoms with van der Waals surface area (Å²) >= 11 is 24.9. The highest BCUT2D eigenvalue weighted by Crippen LogP contribution is 2.40. The monoisotopic (exact) mass is 384 g/mol. The number of imidazole rings is 1. The quantitative estimate of drug-likeness (QED) is 0.546. The fourth-order valence-electron chi connectivity index (χ4n) is 2.59. The molecule has 6 heteroatoms. The van der Waals surface area contributed by atoms with Gasteiger partial charge in [-0.05, 0) is 42.3 Å². The fraction of sp³-hybridized carbons (Fsp3) is 0.118. The third kappa shape index (κ3) is 3.36. The molecule has 0 amide bonds. The van der Waals surface area contributed by atoms with Crippen molar-refractivity contribution in [2.45, 2.75) is 12.8 Å². The van der Waals surface area contributed by atoms with Crippen LogP contribution in [0.15, 0.2) is 42.7 Å². The number of hydrogen-bond acceptors (Lipinski definition) is 1. The van der Waals surface area contributed by atoms with Crippen molar-refractivity contribution in [1.29, 1.82) is 0 Å². The van der Waals surface area contributed by atoms with Gasteiger partial charge in [0.05, 0.1) is 17.9 Å². The molecule has 1 N–H and O–H groups in total. The first-order valence-corrected chi connectivity index (χ1v) is 8.38. The molecule has 1 aromatic heterocycles. The molecule has 0 radical (unpaired) electrons. The largest absolute Gasteiger partial charge is 0.348 e. The summed E-state index contributed by atoms with van der Waals surface area (Å²) in [6.07, 6.45) is 1.66. The first-order chi connectivity index (χ1) is 11.0. The summed E-state index contributed by atoms with van der Waals surface area (Å²) < 4.78 is 0. The lowest BCUT2D eigenvalue weighted by atomic mass is 9.87. The molecule has 0 aliphatic carbocycles. The second-order valence-corrected chi connectivity index (χ2v) is 6.86. The molecule has 0 aliphatic rings. The van der Waals surface area contributed by atoms with Gasteiger partial charge in [-0.25, -0.2) is 4.98 Å². The minimum absolute atomic E-state index is 0.212. The number of aromatic amines is 1. The molecule has 3 aromatic rings. The SMILES string of the molecule is Cc1[nH]cnc1C(c1ccc(Cl)cc1Cl)c1ccc(Cl)cc1Cl. The molecule has 0 saturated heterocycles. The molecular weight excluding hydrogens is 374 g/mol. The molecule has 2 nitrogen and oxygen atoms in total. The van der Waals surface area contributed by atoms with Crippen molar-refractivity contribution in [1.82, 2.24) is 9.97 Å². The van der Waals surface area contributed by atoms with E-state index in [4.69, 9.17) is 46.4 Å². The number of nitrogens with zero attached hydrogens (tertiary/aromatic N) is 1. The number of hydrogen-bond donors (Lipinski definition) is 1. The van der Waals surface area contributed by atoms with Crippen molar-refractivity contribution in [2.24, 2.45) is 0 Å². The van der Waals surface area contributed by atoms with Gasteiger partial charge in [-0.2, -0.15) is 0 Å². The first-order valence-electron chi connectivity index (χ1n) is 6.87. The Bertz CT molecular complexity index is 806. The maximum absolute atomic E-state index is 6.44. The first kappa shape index (κ1) is 16.7. The smallest absolute Gasteiger partial charge is 0.0925 e. The van der Waals surface area contributed by atoms with Gasteiger partial charge in [0.15, 0.2) is 0 Å². The normalized spacial score (nSPS) is 11.2. The summed E-state index contributed by atoms with van der Waals surface area (Å²) in [6.45, 7) is 1.96. The van der Waals surface area contributed by atoms with E-state index in [1.807, 2.05) is 31.2 Å². The summed E-state index contributed by atoms with van der Waals surface area (Å²) in [5.74, 6) is -0.212. The Morgan fingerprint density at radius 3 is 1.78 bits per heavy atom. The van der Waals surface area contributed by atoms with Gasteiger partial charge < -0.3 is 4.98 Å². The zero-order chi connectivity index (χ0) is 16.6. The maximum Gasteiger partial charge on any atom is 0.0925 e. The lowest BCUT2D eigenvalue weighted by molar-refractivity contribution is 0.919. The van der Waals surface area contributed by atoms with Crippen LogP contribution in [0.2, 0.25) is 20.1 Å². The molecular formula is C17H12Cl4N2. The van der Waals surface area contributed by atoms with Crippen molar-refractivity contribution in [2.75, 3.05) is 0 Å². The van der Waals surface area contributed by atoms with Gasteiger partial charge in [-0.1, -0.05) is 58.5 Å². The molecule has 3 rings (SSSR count). The van der Waals surface area contributed by atoms with Crippen LogP contribution in [0.1, 0.15) is 28.4 Å². The van der Waals surface area contributed by atoms with E-state index in [2.05, 4.69) is 9.97 Å². The van der Waals surface area contributed by atoms with Crippen LogP contribution in [0.4, 0.5) is 0 Å². The Hall–Kier alpha value is -1.19. The van der Waals surface area contributed by atoms with Crippen LogP contribution in [-0.2, 0) is 0 Å². The van der Waals surface area contributed by atoms with Crippen molar-refractivity contribution < 1.29 is 0 Å². The molecule has 1 heterocycles. The van der Waals surface area contributed by atoms with Gasteiger partial charge in [0.2, 0.25) is 0 Å². The number of benzene rings is 2. The lowest BCUT2D eigenvalue weighted by Crippen LogP contribution is -2.07. The van der Waals surface area contributed by atoms with E-state index in [1.165, 1.54) is 0 Å². The van der Waals surface area contributed by atoms with Crippen LogP contribution in [0.5, 0.6) is 0 Å². The van der Waals surface area contributed by atoms with Crippen LogP contribution < -0.4 is 0 Å². The van der Waals surface area contributed by atoms with Crippen LogP contribution >= 0.6 is 46.4 Å².